The van der Waals surface area contributed by atoms with E-state index >= 15 is 0 Å². The molecule has 1 aromatic heterocycles. The quantitative estimate of drug-likeness (QED) is 0.922. The number of hydrogen-bond donors (Lipinski definition) is 1. The van der Waals surface area contributed by atoms with Gasteiger partial charge in [0.25, 0.3) is 0 Å². The number of halogens is 2. The van der Waals surface area contributed by atoms with Crippen molar-refractivity contribution in [2.45, 2.75) is 31.7 Å². The van der Waals surface area contributed by atoms with Gasteiger partial charge >= 0.3 is 0 Å². The van der Waals surface area contributed by atoms with E-state index < -0.39 is 0 Å². The van der Waals surface area contributed by atoms with E-state index in [9.17, 15) is 4.79 Å². The second-order valence-corrected chi connectivity index (χ2v) is 5.78. The largest absolute Gasteiger partial charge is 0.368 e. The van der Waals surface area contributed by atoms with Crippen LogP contribution in [0.1, 0.15) is 25.7 Å². The molecule has 1 aromatic rings. The molecule has 2 N–H and O–H groups in total. The van der Waals surface area contributed by atoms with E-state index in [4.69, 9.17) is 17.3 Å². The topological polar surface area (TPSA) is 59.2 Å². The summed E-state index contributed by atoms with van der Waals surface area (Å²) < 4.78 is 0.795. The van der Waals surface area contributed by atoms with Crippen LogP contribution in [0.4, 0.5) is 5.82 Å². The first-order chi connectivity index (χ1) is 8.58. The molecule has 6 heteroatoms. The summed E-state index contributed by atoms with van der Waals surface area (Å²) in [4.78, 5) is 17.5. The molecule has 18 heavy (non-hydrogen) atoms. The Morgan fingerprint density at radius 2 is 2.22 bits per heavy atom. The third-order valence-corrected chi connectivity index (χ3v) is 3.94. The maximum Gasteiger partial charge on any atom is 0.237 e. The lowest BCUT2D eigenvalue weighted by molar-refractivity contribution is -0.116. The molecule has 0 saturated heterocycles. The molecule has 0 aromatic carbocycles. The number of rotatable bonds is 4. The van der Waals surface area contributed by atoms with E-state index in [1.165, 1.54) is 12.8 Å². The number of hydrogen-bond acceptors (Lipinski definition) is 3. The molecule has 1 fully saturated rings. The predicted octanol–water partition coefficient (Wildman–Crippen LogP) is 2.73. The fourth-order valence-corrected chi connectivity index (χ4v) is 3.25. The van der Waals surface area contributed by atoms with Crippen LogP contribution in [0.3, 0.4) is 0 Å². The van der Waals surface area contributed by atoms with Crippen LogP contribution in [0.5, 0.6) is 0 Å². The van der Waals surface area contributed by atoms with E-state index in [-0.39, 0.29) is 12.5 Å². The van der Waals surface area contributed by atoms with Gasteiger partial charge in [-0.2, -0.15) is 0 Å². The highest BCUT2D eigenvalue weighted by molar-refractivity contribution is 9.10. The van der Waals surface area contributed by atoms with Crippen molar-refractivity contribution in [3.05, 3.63) is 21.8 Å². The van der Waals surface area contributed by atoms with Gasteiger partial charge in [-0.25, -0.2) is 4.98 Å². The van der Waals surface area contributed by atoms with Crippen molar-refractivity contribution < 1.29 is 4.79 Å². The first kappa shape index (κ1) is 13.6. The van der Waals surface area contributed by atoms with Crippen molar-refractivity contribution in [1.82, 2.24) is 4.98 Å². The maximum absolute atomic E-state index is 11.2. The molecule has 4 nitrogen and oxygen atoms in total. The Balaban J connectivity index is 2.29. The van der Waals surface area contributed by atoms with Crippen molar-refractivity contribution in [2.75, 3.05) is 11.4 Å². The molecule has 1 amide bonds. The van der Waals surface area contributed by atoms with E-state index in [1.54, 1.807) is 12.3 Å². The molecule has 0 radical (unpaired) electrons. The molecule has 0 spiro atoms. The molecular formula is C12H15BrClN3O. The second kappa shape index (κ2) is 5.89. The van der Waals surface area contributed by atoms with Gasteiger partial charge in [0.2, 0.25) is 5.91 Å². The third-order valence-electron chi connectivity index (χ3n) is 3.15. The molecule has 2 rings (SSSR count). The fraction of sp³-hybridized carbons (Fsp3) is 0.500. The standard InChI is InChI=1S/C12H15BrClN3O/c13-10-5-8(14)6-16-12(10)17(7-11(15)18)9-3-1-2-4-9/h5-6,9H,1-4,7H2,(H2,15,18). The number of pyridine rings is 1. The summed E-state index contributed by atoms with van der Waals surface area (Å²) in [7, 11) is 0. The van der Waals surface area contributed by atoms with E-state index in [2.05, 4.69) is 20.9 Å². The Morgan fingerprint density at radius 1 is 1.56 bits per heavy atom. The van der Waals surface area contributed by atoms with Gasteiger partial charge in [0.05, 0.1) is 16.0 Å². The number of carbonyl (C=O) groups is 1. The number of nitrogens with two attached hydrogens (primary N) is 1. The molecule has 1 aliphatic rings. The molecule has 0 atom stereocenters. The van der Waals surface area contributed by atoms with Crippen LogP contribution in [-0.2, 0) is 4.79 Å². The SMILES string of the molecule is NC(=O)CN(c1ncc(Cl)cc1Br)C1CCCC1. The molecule has 0 unspecified atom stereocenters. The summed E-state index contributed by atoms with van der Waals surface area (Å²) in [6.45, 7) is 0.192. The molecule has 0 aliphatic heterocycles. The Labute approximate surface area is 120 Å². The maximum atomic E-state index is 11.2. The number of aromatic nitrogens is 1. The molecular weight excluding hydrogens is 318 g/mol. The van der Waals surface area contributed by atoms with Crippen LogP contribution in [0.25, 0.3) is 0 Å². The minimum absolute atomic E-state index is 0.192. The lowest BCUT2D eigenvalue weighted by atomic mass is 10.2. The number of amides is 1. The molecule has 1 saturated carbocycles. The summed E-state index contributed by atoms with van der Waals surface area (Å²) >= 11 is 9.33. The average molecular weight is 333 g/mol. The van der Waals surface area contributed by atoms with Gasteiger partial charge in [-0.3, -0.25) is 4.79 Å². The second-order valence-electron chi connectivity index (χ2n) is 4.49. The van der Waals surface area contributed by atoms with Crippen LogP contribution in [0.2, 0.25) is 5.02 Å². The van der Waals surface area contributed by atoms with Crippen molar-refractivity contribution in [2.24, 2.45) is 5.73 Å². The fourth-order valence-electron chi connectivity index (χ4n) is 2.38. The Kier molecular flexibility index (Phi) is 4.45. The summed E-state index contributed by atoms with van der Waals surface area (Å²) in [6, 6.07) is 2.12. The molecule has 0 bridgehead atoms. The lowest BCUT2D eigenvalue weighted by Crippen LogP contribution is -2.40. The van der Waals surface area contributed by atoms with Gasteiger partial charge in [0.1, 0.15) is 5.82 Å². The van der Waals surface area contributed by atoms with Crippen molar-refractivity contribution in [1.29, 1.82) is 0 Å². The predicted molar refractivity (Wildman–Crippen MR) is 75.7 cm³/mol. The average Bonchev–Trinajstić information content (AvgIpc) is 2.79. The number of primary amides is 1. The first-order valence-electron chi connectivity index (χ1n) is 5.94. The summed E-state index contributed by atoms with van der Waals surface area (Å²) in [5.74, 6) is 0.399. The number of anilines is 1. The Bertz CT molecular complexity index is 449. The van der Waals surface area contributed by atoms with Gasteiger partial charge in [-0.05, 0) is 34.8 Å². The zero-order chi connectivity index (χ0) is 13.1. The monoisotopic (exact) mass is 331 g/mol. The van der Waals surface area contributed by atoms with Gasteiger partial charge in [0.15, 0.2) is 0 Å². The highest BCUT2D eigenvalue weighted by atomic mass is 79.9. The Morgan fingerprint density at radius 3 is 2.78 bits per heavy atom. The molecule has 1 heterocycles. The van der Waals surface area contributed by atoms with Crippen LogP contribution in [0, 0.1) is 0 Å². The van der Waals surface area contributed by atoms with Gasteiger partial charge in [-0.15, -0.1) is 0 Å². The zero-order valence-corrected chi connectivity index (χ0v) is 12.2. The molecule has 98 valence electrons. The molecule has 1 aliphatic carbocycles. The first-order valence-corrected chi connectivity index (χ1v) is 7.11. The van der Waals surface area contributed by atoms with Crippen molar-refractivity contribution >= 4 is 39.3 Å². The van der Waals surface area contributed by atoms with E-state index in [1.807, 2.05) is 4.90 Å². The van der Waals surface area contributed by atoms with E-state index in [0.717, 1.165) is 23.1 Å². The Hall–Kier alpha value is -0.810. The van der Waals surface area contributed by atoms with Gasteiger partial charge < -0.3 is 10.6 Å². The highest BCUT2D eigenvalue weighted by Gasteiger charge is 2.26. The smallest absolute Gasteiger partial charge is 0.237 e. The zero-order valence-electron chi connectivity index (χ0n) is 9.90. The van der Waals surface area contributed by atoms with Crippen LogP contribution >= 0.6 is 27.5 Å². The third kappa shape index (κ3) is 3.14. The van der Waals surface area contributed by atoms with Crippen molar-refractivity contribution in [3.8, 4) is 0 Å². The lowest BCUT2D eigenvalue weighted by Gasteiger charge is -2.29. The number of carbonyl (C=O) groups excluding carboxylic acids is 1. The van der Waals surface area contributed by atoms with Crippen LogP contribution in [0.15, 0.2) is 16.7 Å². The van der Waals surface area contributed by atoms with Crippen LogP contribution < -0.4 is 10.6 Å². The van der Waals surface area contributed by atoms with Gasteiger partial charge in [0, 0.05) is 12.2 Å². The summed E-state index contributed by atoms with van der Waals surface area (Å²) in [5, 5.41) is 0.566. The van der Waals surface area contributed by atoms with Gasteiger partial charge in [-0.1, -0.05) is 24.4 Å². The number of nitrogens with zero attached hydrogens (tertiary/aromatic N) is 2. The van der Waals surface area contributed by atoms with Crippen molar-refractivity contribution in [3.63, 3.8) is 0 Å². The van der Waals surface area contributed by atoms with E-state index in [0.29, 0.717) is 11.1 Å². The van der Waals surface area contributed by atoms with Crippen LogP contribution in [-0.4, -0.2) is 23.5 Å². The minimum Gasteiger partial charge on any atom is -0.368 e. The summed E-state index contributed by atoms with van der Waals surface area (Å²) in [6.07, 6.45) is 6.11. The normalized spacial score (nSPS) is 15.9. The minimum atomic E-state index is -0.342. The highest BCUT2D eigenvalue weighted by Crippen LogP contribution is 2.32. The summed E-state index contributed by atoms with van der Waals surface area (Å²) in [5.41, 5.74) is 5.33.